The zero-order valence-corrected chi connectivity index (χ0v) is 13.5. The fourth-order valence-electron chi connectivity index (χ4n) is 1.62. The molecule has 2 rings (SSSR count). The first kappa shape index (κ1) is 15.1. The predicted octanol–water partition coefficient (Wildman–Crippen LogP) is 4.21. The monoisotopic (exact) mass is 353 g/mol. The maximum atomic E-state index is 5.92. The van der Waals surface area contributed by atoms with Crippen molar-refractivity contribution in [2.75, 3.05) is 25.2 Å². The topological polar surface area (TPSA) is 44.5 Å². The van der Waals surface area contributed by atoms with Gasteiger partial charge in [0.1, 0.15) is 11.5 Å². The van der Waals surface area contributed by atoms with E-state index in [9.17, 15) is 0 Å². The Hall–Kier alpha value is -1.33. The van der Waals surface area contributed by atoms with Crippen LogP contribution in [0.15, 0.2) is 51.8 Å². The minimum Gasteiger partial charge on any atom is -0.497 e. The Labute approximate surface area is 131 Å². The molecule has 0 aliphatic rings. The Bertz CT molecular complexity index is 560. The van der Waals surface area contributed by atoms with E-state index >= 15 is 0 Å². The number of halogens is 1. The SMILES string of the molecule is COc1ccc(OCCSc2cc(Br)ccc2N)cc1. The molecule has 0 unspecified atom stereocenters. The Balaban J connectivity index is 1.79. The number of benzene rings is 2. The van der Waals surface area contributed by atoms with Gasteiger partial charge >= 0.3 is 0 Å². The lowest BCUT2D eigenvalue weighted by molar-refractivity contribution is 0.342. The van der Waals surface area contributed by atoms with Gasteiger partial charge in [-0.05, 0) is 42.5 Å². The van der Waals surface area contributed by atoms with E-state index in [4.69, 9.17) is 15.2 Å². The number of nitrogen functional groups attached to an aromatic ring is 1. The van der Waals surface area contributed by atoms with Crippen molar-refractivity contribution in [2.45, 2.75) is 4.90 Å². The molecule has 0 atom stereocenters. The number of hydrogen-bond acceptors (Lipinski definition) is 4. The summed E-state index contributed by atoms with van der Waals surface area (Å²) in [6, 6.07) is 13.4. The van der Waals surface area contributed by atoms with Crippen molar-refractivity contribution in [1.82, 2.24) is 0 Å². The Morgan fingerprint density at radius 3 is 2.50 bits per heavy atom. The third-order valence-electron chi connectivity index (χ3n) is 2.64. The Morgan fingerprint density at radius 2 is 1.80 bits per heavy atom. The molecule has 0 aliphatic carbocycles. The van der Waals surface area contributed by atoms with Crippen molar-refractivity contribution in [2.24, 2.45) is 0 Å². The van der Waals surface area contributed by atoms with E-state index < -0.39 is 0 Å². The highest BCUT2D eigenvalue weighted by molar-refractivity contribution is 9.10. The Kier molecular flexibility index (Phi) is 5.61. The van der Waals surface area contributed by atoms with Crippen LogP contribution < -0.4 is 15.2 Å². The van der Waals surface area contributed by atoms with Crippen LogP contribution >= 0.6 is 27.7 Å². The first-order valence-electron chi connectivity index (χ1n) is 6.14. The molecular weight excluding hydrogens is 338 g/mol. The van der Waals surface area contributed by atoms with Gasteiger partial charge in [-0.25, -0.2) is 0 Å². The summed E-state index contributed by atoms with van der Waals surface area (Å²) >= 11 is 5.13. The standard InChI is InChI=1S/C15H16BrNO2S/c1-18-12-3-5-13(6-4-12)19-8-9-20-15-10-11(16)2-7-14(15)17/h2-7,10H,8-9,17H2,1H3. The Morgan fingerprint density at radius 1 is 1.10 bits per heavy atom. The van der Waals surface area contributed by atoms with Crippen molar-refractivity contribution in [3.8, 4) is 11.5 Å². The van der Waals surface area contributed by atoms with Gasteiger partial charge in [-0.2, -0.15) is 0 Å². The van der Waals surface area contributed by atoms with E-state index in [1.54, 1.807) is 18.9 Å². The molecule has 2 N–H and O–H groups in total. The average Bonchev–Trinajstić information content (AvgIpc) is 2.47. The fourth-order valence-corrected chi connectivity index (χ4v) is 2.96. The van der Waals surface area contributed by atoms with Crippen molar-refractivity contribution >= 4 is 33.4 Å². The summed E-state index contributed by atoms with van der Waals surface area (Å²) in [6.45, 7) is 0.628. The van der Waals surface area contributed by atoms with E-state index in [0.29, 0.717) is 6.61 Å². The third-order valence-corrected chi connectivity index (χ3v) is 4.17. The number of rotatable bonds is 6. The summed E-state index contributed by atoms with van der Waals surface area (Å²) in [7, 11) is 1.65. The van der Waals surface area contributed by atoms with E-state index in [1.807, 2.05) is 42.5 Å². The maximum absolute atomic E-state index is 5.92. The van der Waals surface area contributed by atoms with Crippen LogP contribution in [0.5, 0.6) is 11.5 Å². The highest BCUT2D eigenvalue weighted by Gasteiger charge is 2.01. The lowest BCUT2D eigenvalue weighted by Crippen LogP contribution is -2.00. The number of thioether (sulfide) groups is 1. The molecule has 3 nitrogen and oxygen atoms in total. The van der Waals surface area contributed by atoms with Gasteiger partial charge in [0.2, 0.25) is 0 Å². The summed E-state index contributed by atoms with van der Waals surface area (Å²) in [4.78, 5) is 1.07. The van der Waals surface area contributed by atoms with Gasteiger partial charge in [0.05, 0.1) is 13.7 Å². The summed E-state index contributed by atoms with van der Waals surface area (Å²) in [5, 5.41) is 0. The van der Waals surface area contributed by atoms with Crippen LogP contribution in [0.1, 0.15) is 0 Å². The molecule has 2 aromatic carbocycles. The molecule has 0 fully saturated rings. The molecule has 0 bridgehead atoms. The van der Waals surface area contributed by atoms with Crippen LogP contribution in [0.4, 0.5) is 5.69 Å². The lowest BCUT2D eigenvalue weighted by atomic mass is 10.3. The minimum atomic E-state index is 0.628. The summed E-state index contributed by atoms with van der Waals surface area (Å²) < 4.78 is 11.8. The first-order chi connectivity index (χ1) is 9.69. The molecule has 20 heavy (non-hydrogen) atoms. The van der Waals surface area contributed by atoms with Gasteiger partial charge < -0.3 is 15.2 Å². The van der Waals surface area contributed by atoms with Crippen molar-refractivity contribution < 1.29 is 9.47 Å². The highest BCUT2D eigenvalue weighted by atomic mass is 79.9. The molecule has 0 radical (unpaired) electrons. The van der Waals surface area contributed by atoms with Gasteiger partial charge in [0.15, 0.2) is 0 Å². The van der Waals surface area contributed by atoms with E-state index in [1.165, 1.54) is 0 Å². The van der Waals surface area contributed by atoms with E-state index in [0.717, 1.165) is 32.3 Å². The van der Waals surface area contributed by atoms with Crippen LogP contribution in [0.3, 0.4) is 0 Å². The number of ether oxygens (including phenoxy) is 2. The second-order valence-electron chi connectivity index (χ2n) is 4.05. The molecule has 0 saturated carbocycles. The lowest BCUT2D eigenvalue weighted by Gasteiger charge is -2.08. The quantitative estimate of drug-likeness (QED) is 0.479. The number of methoxy groups -OCH3 is 1. The molecule has 0 heterocycles. The molecular formula is C15H16BrNO2S. The molecule has 0 spiro atoms. The largest absolute Gasteiger partial charge is 0.497 e. The van der Waals surface area contributed by atoms with Crippen molar-refractivity contribution in [3.63, 3.8) is 0 Å². The van der Waals surface area contributed by atoms with Crippen LogP contribution in [0, 0.1) is 0 Å². The fraction of sp³-hybridized carbons (Fsp3) is 0.200. The zero-order chi connectivity index (χ0) is 14.4. The minimum absolute atomic E-state index is 0.628. The average molecular weight is 354 g/mol. The molecule has 2 aromatic rings. The number of hydrogen-bond donors (Lipinski definition) is 1. The summed E-state index contributed by atoms with van der Waals surface area (Å²) in [5.74, 6) is 2.51. The molecule has 106 valence electrons. The van der Waals surface area contributed by atoms with Gasteiger partial charge in [-0.3, -0.25) is 0 Å². The maximum Gasteiger partial charge on any atom is 0.119 e. The molecule has 0 aromatic heterocycles. The second-order valence-corrected chi connectivity index (χ2v) is 6.11. The van der Waals surface area contributed by atoms with Gasteiger partial charge in [-0.1, -0.05) is 15.9 Å². The number of anilines is 1. The summed E-state index contributed by atoms with van der Waals surface area (Å²) in [6.07, 6.45) is 0. The molecule has 0 saturated heterocycles. The van der Waals surface area contributed by atoms with E-state index in [-0.39, 0.29) is 0 Å². The first-order valence-corrected chi connectivity index (χ1v) is 7.91. The normalized spacial score (nSPS) is 10.3. The van der Waals surface area contributed by atoms with Gasteiger partial charge in [0.25, 0.3) is 0 Å². The van der Waals surface area contributed by atoms with E-state index in [2.05, 4.69) is 15.9 Å². The van der Waals surface area contributed by atoms with Crippen LogP contribution in [-0.4, -0.2) is 19.5 Å². The zero-order valence-electron chi connectivity index (χ0n) is 11.1. The molecule has 0 amide bonds. The van der Waals surface area contributed by atoms with Gasteiger partial charge in [0, 0.05) is 20.8 Å². The van der Waals surface area contributed by atoms with Gasteiger partial charge in [-0.15, -0.1) is 11.8 Å². The molecule has 0 aliphatic heterocycles. The number of nitrogens with two attached hydrogens (primary N) is 1. The second kappa shape index (κ2) is 7.45. The van der Waals surface area contributed by atoms with Crippen molar-refractivity contribution in [3.05, 3.63) is 46.9 Å². The van der Waals surface area contributed by atoms with Crippen LogP contribution in [0.2, 0.25) is 0 Å². The highest BCUT2D eigenvalue weighted by Crippen LogP contribution is 2.28. The smallest absolute Gasteiger partial charge is 0.119 e. The van der Waals surface area contributed by atoms with Crippen LogP contribution in [0.25, 0.3) is 0 Å². The van der Waals surface area contributed by atoms with Crippen molar-refractivity contribution in [1.29, 1.82) is 0 Å². The molecule has 5 heteroatoms. The van der Waals surface area contributed by atoms with Crippen LogP contribution in [-0.2, 0) is 0 Å². The summed E-state index contributed by atoms with van der Waals surface area (Å²) in [5.41, 5.74) is 6.71. The predicted molar refractivity (Wildman–Crippen MR) is 87.8 cm³/mol. The third kappa shape index (κ3) is 4.35.